The van der Waals surface area contributed by atoms with Crippen LogP contribution in [-0.2, 0) is 16.6 Å². The van der Waals surface area contributed by atoms with E-state index in [4.69, 9.17) is 23.2 Å². The summed E-state index contributed by atoms with van der Waals surface area (Å²) in [5.41, 5.74) is 0.779. The monoisotopic (exact) mass is 329 g/mol. The summed E-state index contributed by atoms with van der Waals surface area (Å²) in [5, 5.41) is 0.860. The zero-order chi connectivity index (χ0) is 14.8. The number of hydrogen-bond donors (Lipinski definition) is 0. The lowest BCUT2D eigenvalue weighted by Gasteiger charge is -2.17. The Morgan fingerprint density at radius 2 is 1.65 bits per heavy atom. The molecule has 0 saturated carbocycles. The molecule has 0 aromatic heterocycles. The third kappa shape index (κ3) is 3.33. The third-order valence-corrected chi connectivity index (χ3v) is 5.40. The maximum absolute atomic E-state index is 12.4. The number of nitrogens with zero attached hydrogens (tertiary/aromatic N) is 1. The molecule has 0 amide bonds. The van der Waals surface area contributed by atoms with E-state index in [0.717, 1.165) is 5.56 Å². The molecule has 0 N–H and O–H groups in total. The molecule has 0 aliphatic heterocycles. The summed E-state index contributed by atoms with van der Waals surface area (Å²) in [5.74, 6) is 0. The SMILES string of the molecule is CN(Cc1ccc(Cl)c(Cl)c1)S(=O)(=O)c1ccccc1. The highest BCUT2D eigenvalue weighted by atomic mass is 35.5. The summed E-state index contributed by atoms with van der Waals surface area (Å²) < 4.78 is 26.0. The van der Waals surface area contributed by atoms with Crippen molar-refractivity contribution in [2.75, 3.05) is 7.05 Å². The van der Waals surface area contributed by atoms with Crippen LogP contribution in [-0.4, -0.2) is 19.8 Å². The van der Waals surface area contributed by atoms with E-state index in [1.807, 2.05) is 0 Å². The van der Waals surface area contributed by atoms with Gasteiger partial charge in [-0.1, -0.05) is 47.5 Å². The molecule has 0 bridgehead atoms. The van der Waals surface area contributed by atoms with Crippen molar-refractivity contribution < 1.29 is 8.42 Å². The van der Waals surface area contributed by atoms with Crippen molar-refractivity contribution in [1.29, 1.82) is 0 Å². The van der Waals surface area contributed by atoms with Crippen LogP contribution in [0.25, 0.3) is 0 Å². The Hall–Kier alpha value is -1.07. The van der Waals surface area contributed by atoms with Gasteiger partial charge in [-0.05, 0) is 29.8 Å². The molecule has 0 radical (unpaired) electrons. The number of rotatable bonds is 4. The minimum Gasteiger partial charge on any atom is -0.207 e. The van der Waals surface area contributed by atoms with Crippen molar-refractivity contribution >= 4 is 33.2 Å². The molecule has 0 spiro atoms. The topological polar surface area (TPSA) is 37.4 Å². The van der Waals surface area contributed by atoms with Gasteiger partial charge in [-0.25, -0.2) is 8.42 Å². The van der Waals surface area contributed by atoms with Crippen LogP contribution < -0.4 is 0 Å². The molecule has 106 valence electrons. The number of halogens is 2. The lowest BCUT2D eigenvalue weighted by Crippen LogP contribution is -2.26. The van der Waals surface area contributed by atoms with Crippen molar-refractivity contribution in [3.8, 4) is 0 Å². The number of benzene rings is 2. The first-order valence-electron chi connectivity index (χ1n) is 5.86. The zero-order valence-electron chi connectivity index (χ0n) is 10.8. The molecule has 2 rings (SSSR count). The molecule has 0 aliphatic carbocycles. The van der Waals surface area contributed by atoms with Gasteiger partial charge in [0.1, 0.15) is 0 Å². The summed E-state index contributed by atoms with van der Waals surface area (Å²) in [6.07, 6.45) is 0. The van der Waals surface area contributed by atoms with Gasteiger partial charge in [-0.15, -0.1) is 0 Å². The highest BCUT2D eigenvalue weighted by Gasteiger charge is 2.20. The molecule has 0 aliphatic rings. The molecular formula is C14H13Cl2NO2S. The summed E-state index contributed by atoms with van der Waals surface area (Å²) in [6, 6.07) is 13.4. The van der Waals surface area contributed by atoms with Gasteiger partial charge >= 0.3 is 0 Å². The highest BCUT2D eigenvalue weighted by molar-refractivity contribution is 7.89. The first kappa shape index (κ1) is 15.3. The Morgan fingerprint density at radius 3 is 2.25 bits per heavy atom. The third-order valence-electron chi connectivity index (χ3n) is 2.84. The molecule has 6 heteroatoms. The van der Waals surface area contributed by atoms with Crippen molar-refractivity contribution in [2.24, 2.45) is 0 Å². The van der Waals surface area contributed by atoms with E-state index in [1.165, 1.54) is 11.4 Å². The molecule has 2 aromatic carbocycles. The average Bonchev–Trinajstić information content (AvgIpc) is 2.44. The Kier molecular flexibility index (Phi) is 4.70. The largest absolute Gasteiger partial charge is 0.243 e. The van der Waals surface area contributed by atoms with E-state index in [1.54, 1.807) is 48.5 Å². The van der Waals surface area contributed by atoms with Gasteiger partial charge in [-0.3, -0.25) is 0 Å². The molecule has 3 nitrogen and oxygen atoms in total. The van der Waals surface area contributed by atoms with Gasteiger partial charge in [0.2, 0.25) is 10.0 Å². The van der Waals surface area contributed by atoms with E-state index in [0.29, 0.717) is 10.0 Å². The molecule has 0 saturated heterocycles. The molecular weight excluding hydrogens is 317 g/mol. The fourth-order valence-electron chi connectivity index (χ4n) is 1.75. The predicted molar refractivity (Wildman–Crippen MR) is 81.6 cm³/mol. The van der Waals surface area contributed by atoms with Gasteiger partial charge in [0.25, 0.3) is 0 Å². The van der Waals surface area contributed by atoms with Crippen molar-refractivity contribution in [3.05, 3.63) is 64.1 Å². The minimum absolute atomic E-state index is 0.230. The van der Waals surface area contributed by atoms with Crippen LogP contribution in [0.5, 0.6) is 0 Å². The van der Waals surface area contributed by atoms with Crippen LogP contribution in [0.1, 0.15) is 5.56 Å². The Balaban J connectivity index is 2.23. The van der Waals surface area contributed by atoms with E-state index in [-0.39, 0.29) is 11.4 Å². The molecule has 20 heavy (non-hydrogen) atoms. The van der Waals surface area contributed by atoms with E-state index in [9.17, 15) is 8.42 Å². The van der Waals surface area contributed by atoms with Crippen LogP contribution in [0.15, 0.2) is 53.4 Å². The van der Waals surface area contributed by atoms with Crippen molar-refractivity contribution in [2.45, 2.75) is 11.4 Å². The summed E-state index contributed by atoms with van der Waals surface area (Å²) >= 11 is 11.8. The maximum Gasteiger partial charge on any atom is 0.243 e. The molecule has 0 fully saturated rings. The first-order valence-corrected chi connectivity index (χ1v) is 8.06. The van der Waals surface area contributed by atoms with E-state index >= 15 is 0 Å². The lowest BCUT2D eigenvalue weighted by molar-refractivity contribution is 0.467. The minimum atomic E-state index is -3.50. The Bertz CT molecular complexity index is 702. The van der Waals surface area contributed by atoms with Crippen LogP contribution in [0.3, 0.4) is 0 Å². The summed E-state index contributed by atoms with van der Waals surface area (Å²) in [7, 11) is -1.97. The van der Waals surface area contributed by atoms with Gasteiger partial charge in [0.05, 0.1) is 14.9 Å². The quantitative estimate of drug-likeness (QED) is 0.855. The fraction of sp³-hybridized carbons (Fsp3) is 0.143. The number of hydrogen-bond acceptors (Lipinski definition) is 2. The fourth-order valence-corrected chi connectivity index (χ4v) is 3.25. The Morgan fingerprint density at radius 1 is 1.00 bits per heavy atom. The average molecular weight is 330 g/mol. The van der Waals surface area contributed by atoms with Gasteiger partial charge in [0.15, 0.2) is 0 Å². The van der Waals surface area contributed by atoms with Crippen molar-refractivity contribution in [1.82, 2.24) is 4.31 Å². The molecule has 0 atom stereocenters. The van der Waals surface area contributed by atoms with Gasteiger partial charge < -0.3 is 0 Å². The Labute approximate surface area is 128 Å². The molecule has 2 aromatic rings. The normalized spacial score (nSPS) is 11.8. The first-order chi connectivity index (χ1) is 9.41. The van der Waals surface area contributed by atoms with Crippen LogP contribution in [0, 0.1) is 0 Å². The predicted octanol–water partition coefficient (Wildman–Crippen LogP) is 3.81. The second-order valence-electron chi connectivity index (χ2n) is 4.32. The molecule has 0 unspecified atom stereocenters. The van der Waals surface area contributed by atoms with Crippen LogP contribution >= 0.6 is 23.2 Å². The van der Waals surface area contributed by atoms with Gasteiger partial charge in [0, 0.05) is 13.6 Å². The van der Waals surface area contributed by atoms with E-state index < -0.39 is 10.0 Å². The van der Waals surface area contributed by atoms with Crippen LogP contribution in [0.4, 0.5) is 0 Å². The lowest BCUT2D eigenvalue weighted by atomic mass is 10.2. The van der Waals surface area contributed by atoms with Crippen molar-refractivity contribution in [3.63, 3.8) is 0 Å². The zero-order valence-corrected chi connectivity index (χ0v) is 13.1. The number of sulfonamides is 1. The second kappa shape index (κ2) is 6.14. The highest BCUT2D eigenvalue weighted by Crippen LogP contribution is 2.24. The van der Waals surface area contributed by atoms with Gasteiger partial charge in [-0.2, -0.15) is 4.31 Å². The summed E-state index contributed by atoms with van der Waals surface area (Å²) in [4.78, 5) is 0.266. The maximum atomic E-state index is 12.4. The summed E-state index contributed by atoms with van der Waals surface area (Å²) in [6.45, 7) is 0.230. The second-order valence-corrected chi connectivity index (χ2v) is 7.18. The van der Waals surface area contributed by atoms with Crippen LogP contribution in [0.2, 0.25) is 10.0 Å². The van der Waals surface area contributed by atoms with E-state index in [2.05, 4.69) is 0 Å². The standard InChI is InChI=1S/C14H13Cl2NO2S/c1-17(10-11-7-8-13(15)14(16)9-11)20(18,19)12-5-3-2-4-6-12/h2-9H,10H2,1H3. The smallest absolute Gasteiger partial charge is 0.207 e. The molecule has 0 heterocycles.